The predicted molar refractivity (Wildman–Crippen MR) is 102 cm³/mol. The molecule has 30 heavy (non-hydrogen) atoms. The van der Waals surface area contributed by atoms with E-state index in [0.717, 1.165) is 0 Å². The van der Waals surface area contributed by atoms with Crippen molar-refractivity contribution in [2.45, 2.75) is 13.1 Å². The highest BCUT2D eigenvalue weighted by molar-refractivity contribution is 6.32. The average Bonchev–Trinajstić information content (AvgIpc) is 3.14. The number of hydrogen-bond acceptors (Lipinski definition) is 5. The zero-order chi connectivity index (χ0) is 22.1. The van der Waals surface area contributed by atoms with Crippen LogP contribution >= 0.6 is 11.6 Å². The number of amides is 2. The Bertz CT molecular complexity index is 1130. The van der Waals surface area contributed by atoms with Gasteiger partial charge in [-0.2, -0.15) is 18.3 Å². The molecule has 0 aliphatic carbocycles. The molecule has 4 N–H and O–H groups in total. The number of rotatable bonds is 4. The van der Waals surface area contributed by atoms with Gasteiger partial charge in [0.05, 0.1) is 16.3 Å². The van der Waals surface area contributed by atoms with Crippen LogP contribution in [0.15, 0.2) is 42.6 Å². The molecule has 0 radical (unpaired) electrons. The van der Waals surface area contributed by atoms with Crippen LogP contribution in [0.4, 0.5) is 18.9 Å². The minimum atomic E-state index is -4.81. The van der Waals surface area contributed by atoms with Gasteiger partial charge >= 0.3 is 6.18 Å². The number of carbonyl (C=O) groups excluding carboxylic acids is 2. The lowest BCUT2D eigenvalue weighted by molar-refractivity contribution is -0.141. The molecule has 156 valence electrons. The number of hydrazine groups is 1. The molecule has 0 spiro atoms. The quantitative estimate of drug-likeness (QED) is 0.329. The monoisotopic (exact) mass is 438 g/mol. The van der Waals surface area contributed by atoms with E-state index in [1.807, 2.05) is 5.43 Å². The van der Waals surface area contributed by atoms with Crippen molar-refractivity contribution in [3.63, 3.8) is 0 Å². The van der Waals surface area contributed by atoms with Gasteiger partial charge in [0.1, 0.15) is 5.69 Å². The van der Waals surface area contributed by atoms with Crippen molar-refractivity contribution < 1.29 is 22.8 Å². The molecule has 0 aliphatic rings. The molecule has 0 fully saturated rings. The van der Waals surface area contributed by atoms with Crippen LogP contribution < -0.4 is 16.6 Å². The maximum atomic E-state index is 13.2. The lowest BCUT2D eigenvalue weighted by atomic mass is 10.1. The number of alkyl halides is 3. The molecule has 0 bridgehead atoms. The van der Waals surface area contributed by atoms with Crippen molar-refractivity contribution in [2.24, 2.45) is 5.84 Å². The molecule has 0 atom stereocenters. The summed E-state index contributed by atoms with van der Waals surface area (Å²) in [5.74, 6) is 3.37. The SMILES string of the molecule is Cc1cccc(NC(=O)c2cc(C(F)(F)F)nn2-c2ncccc2Cl)c1C(=O)NN. The van der Waals surface area contributed by atoms with Crippen LogP contribution in [0.5, 0.6) is 0 Å². The first-order valence-electron chi connectivity index (χ1n) is 8.33. The summed E-state index contributed by atoms with van der Waals surface area (Å²) in [5.41, 5.74) is 0.778. The van der Waals surface area contributed by atoms with Gasteiger partial charge in [0, 0.05) is 12.3 Å². The fourth-order valence-corrected chi connectivity index (χ4v) is 2.91. The van der Waals surface area contributed by atoms with Gasteiger partial charge in [-0.3, -0.25) is 15.0 Å². The minimum Gasteiger partial charge on any atom is -0.320 e. The van der Waals surface area contributed by atoms with Crippen molar-refractivity contribution in [3.05, 3.63) is 70.1 Å². The Balaban J connectivity index is 2.09. The summed E-state index contributed by atoms with van der Waals surface area (Å²) >= 11 is 6.02. The molecule has 0 aliphatic heterocycles. The highest BCUT2D eigenvalue weighted by atomic mass is 35.5. The van der Waals surface area contributed by atoms with Crippen molar-refractivity contribution >= 4 is 29.1 Å². The third-order valence-corrected chi connectivity index (χ3v) is 4.35. The number of hydrogen-bond donors (Lipinski definition) is 3. The molecular formula is C18H14ClF3N6O2. The zero-order valence-electron chi connectivity index (χ0n) is 15.3. The predicted octanol–water partition coefficient (Wildman–Crippen LogP) is 3.10. The molecule has 3 rings (SSSR count). The fraction of sp³-hybridized carbons (Fsp3) is 0.111. The van der Waals surface area contributed by atoms with E-state index in [4.69, 9.17) is 17.4 Å². The van der Waals surface area contributed by atoms with Gasteiger partial charge in [-0.25, -0.2) is 15.5 Å². The van der Waals surface area contributed by atoms with E-state index in [9.17, 15) is 22.8 Å². The topological polar surface area (TPSA) is 115 Å². The number of benzene rings is 1. The first kappa shape index (κ1) is 21.3. The van der Waals surface area contributed by atoms with E-state index in [-0.39, 0.29) is 22.1 Å². The molecule has 2 aromatic heterocycles. The van der Waals surface area contributed by atoms with Crippen molar-refractivity contribution in [2.75, 3.05) is 5.32 Å². The molecule has 3 aromatic rings. The Hall–Kier alpha value is -3.44. The van der Waals surface area contributed by atoms with Gasteiger partial charge in [0.25, 0.3) is 11.8 Å². The second kappa shape index (κ2) is 8.13. The Morgan fingerprint density at radius 2 is 1.90 bits per heavy atom. The number of aryl methyl sites for hydroxylation is 1. The van der Waals surface area contributed by atoms with Gasteiger partial charge in [0.15, 0.2) is 11.5 Å². The molecule has 0 unspecified atom stereocenters. The zero-order valence-corrected chi connectivity index (χ0v) is 16.0. The molecular weight excluding hydrogens is 425 g/mol. The van der Waals surface area contributed by atoms with Crippen LogP contribution in [0, 0.1) is 6.92 Å². The Kier molecular flexibility index (Phi) is 5.76. The molecule has 2 heterocycles. The van der Waals surface area contributed by atoms with Gasteiger partial charge < -0.3 is 5.32 Å². The summed E-state index contributed by atoms with van der Waals surface area (Å²) in [6, 6.07) is 8.02. The van der Waals surface area contributed by atoms with Crippen LogP contribution in [0.1, 0.15) is 32.1 Å². The molecule has 1 aromatic carbocycles. The van der Waals surface area contributed by atoms with Crippen LogP contribution in [0.2, 0.25) is 5.02 Å². The van der Waals surface area contributed by atoms with E-state index >= 15 is 0 Å². The summed E-state index contributed by atoms with van der Waals surface area (Å²) in [7, 11) is 0. The number of pyridine rings is 1. The maximum absolute atomic E-state index is 13.2. The van der Waals surface area contributed by atoms with E-state index in [1.54, 1.807) is 19.1 Å². The molecule has 8 nitrogen and oxygen atoms in total. The normalized spacial score (nSPS) is 11.3. The van der Waals surface area contributed by atoms with Crippen molar-refractivity contribution in [3.8, 4) is 5.82 Å². The molecule has 0 saturated heterocycles. The van der Waals surface area contributed by atoms with Crippen LogP contribution in [-0.2, 0) is 6.18 Å². The maximum Gasteiger partial charge on any atom is 0.435 e. The second-order valence-electron chi connectivity index (χ2n) is 6.06. The summed E-state index contributed by atoms with van der Waals surface area (Å²) in [5, 5.41) is 5.86. The number of carbonyl (C=O) groups is 2. The van der Waals surface area contributed by atoms with Gasteiger partial charge in [-0.1, -0.05) is 23.7 Å². The largest absolute Gasteiger partial charge is 0.435 e. The summed E-state index contributed by atoms with van der Waals surface area (Å²) in [4.78, 5) is 28.8. The fourth-order valence-electron chi connectivity index (χ4n) is 2.71. The minimum absolute atomic E-state index is 0.0119. The third-order valence-electron chi connectivity index (χ3n) is 4.05. The van der Waals surface area contributed by atoms with Crippen LogP contribution in [0.25, 0.3) is 5.82 Å². The van der Waals surface area contributed by atoms with Crippen LogP contribution in [0.3, 0.4) is 0 Å². The average molecular weight is 439 g/mol. The smallest absolute Gasteiger partial charge is 0.320 e. The summed E-state index contributed by atoms with van der Waals surface area (Å²) < 4.78 is 40.4. The Labute approximate surface area is 172 Å². The van der Waals surface area contributed by atoms with Crippen molar-refractivity contribution in [1.29, 1.82) is 0 Å². The van der Waals surface area contributed by atoms with E-state index in [0.29, 0.717) is 16.3 Å². The summed E-state index contributed by atoms with van der Waals surface area (Å²) in [6.45, 7) is 1.61. The number of aromatic nitrogens is 3. The number of nitrogen functional groups attached to an aromatic ring is 1. The lowest BCUT2D eigenvalue weighted by Crippen LogP contribution is -2.31. The number of halogens is 4. The third kappa shape index (κ3) is 4.11. The number of anilines is 1. The highest BCUT2D eigenvalue weighted by Crippen LogP contribution is 2.31. The molecule has 2 amide bonds. The lowest BCUT2D eigenvalue weighted by Gasteiger charge is -2.13. The van der Waals surface area contributed by atoms with Crippen molar-refractivity contribution in [1.82, 2.24) is 20.2 Å². The Morgan fingerprint density at radius 1 is 1.17 bits per heavy atom. The van der Waals surface area contributed by atoms with E-state index < -0.39 is 29.4 Å². The van der Waals surface area contributed by atoms with Gasteiger partial charge in [-0.05, 0) is 30.7 Å². The first-order valence-corrected chi connectivity index (χ1v) is 8.71. The van der Waals surface area contributed by atoms with E-state index in [1.165, 1.54) is 24.4 Å². The first-order chi connectivity index (χ1) is 14.1. The number of nitrogens with zero attached hydrogens (tertiary/aromatic N) is 3. The van der Waals surface area contributed by atoms with Gasteiger partial charge in [0.2, 0.25) is 0 Å². The summed E-state index contributed by atoms with van der Waals surface area (Å²) in [6.07, 6.45) is -3.52. The standard InChI is InChI=1S/C18H14ClF3N6O2/c1-9-4-2-6-11(14(9)17(30)26-23)25-16(29)12-8-13(18(20,21)22)27-28(12)15-10(19)5-3-7-24-15/h2-8H,23H2,1H3,(H,25,29)(H,26,30). The van der Waals surface area contributed by atoms with Gasteiger partial charge in [-0.15, -0.1) is 0 Å². The van der Waals surface area contributed by atoms with E-state index in [2.05, 4.69) is 15.4 Å². The number of nitrogens with one attached hydrogen (secondary N) is 2. The van der Waals surface area contributed by atoms with Crippen LogP contribution in [-0.4, -0.2) is 26.6 Å². The highest BCUT2D eigenvalue weighted by Gasteiger charge is 2.36. The molecule has 0 saturated carbocycles. The second-order valence-corrected chi connectivity index (χ2v) is 6.47. The Morgan fingerprint density at radius 3 is 2.53 bits per heavy atom. The molecule has 12 heteroatoms. The number of nitrogens with two attached hydrogens (primary N) is 1.